The highest BCUT2D eigenvalue weighted by atomic mass is 32.2. The molecule has 0 amide bonds. The van der Waals surface area contributed by atoms with Gasteiger partial charge in [-0.2, -0.15) is 15.4 Å². The normalized spacial score (nSPS) is 22.7. The number of nitrogens with one attached hydrogen (secondary N) is 1. The molecule has 23 heavy (non-hydrogen) atoms. The minimum Gasteiger partial charge on any atom is -0.481 e. The SMILES string of the molecule is CN(C)S(=O)(=O)CCCN1C[C@@H](CC(=O)O)[C@@H](c2cn[nH]n2)C1. The minimum absolute atomic E-state index is 0.00954. The molecule has 0 bridgehead atoms. The van der Waals surface area contributed by atoms with E-state index in [1.807, 2.05) is 0 Å². The van der Waals surface area contributed by atoms with Gasteiger partial charge in [0.15, 0.2) is 0 Å². The quantitative estimate of drug-likeness (QED) is 0.656. The summed E-state index contributed by atoms with van der Waals surface area (Å²) in [6, 6.07) is 0. The second-order valence-corrected chi connectivity index (χ2v) is 8.37. The molecule has 10 heteroatoms. The van der Waals surface area contributed by atoms with Gasteiger partial charge in [0, 0.05) is 33.1 Å². The van der Waals surface area contributed by atoms with E-state index >= 15 is 0 Å². The Morgan fingerprint density at radius 1 is 1.48 bits per heavy atom. The molecule has 9 nitrogen and oxygen atoms in total. The number of H-pyrrole nitrogens is 1. The van der Waals surface area contributed by atoms with E-state index < -0.39 is 16.0 Å². The smallest absolute Gasteiger partial charge is 0.303 e. The van der Waals surface area contributed by atoms with Gasteiger partial charge in [-0.15, -0.1) is 0 Å². The van der Waals surface area contributed by atoms with Crippen molar-refractivity contribution in [3.63, 3.8) is 0 Å². The van der Waals surface area contributed by atoms with Crippen molar-refractivity contribution in [3.8, 4) is 0 Å². The number of carboxylic acid groups (broad SMARTS) is 1. The summed E-state index contributed by atoms with van der Waals surface area (Å²) < 4.78 is 24.8. The molecule has 1 fully saturated rings. The van der Waals surface area contributed by atoms with Gasteiger partial charge < -0.3 is 10.0 Å². The zero-order valence-electron chi connectivity index (χ0n) is 13.3. The number of aromatic amines is 1. The van der Waals surface area contributed by atoms with Gasteiger partial charge in [-0.25, -0.2) is 12.7 Å². The highest BCUT2D eigenvalue weighted by molar-refractivity contribution is 7.89. The van der Waals surface area contributed by atoms with Crippen LogP contribution in [0, 0.1) is 5.92 Å². The van der Waals surface area contributed by atoms with Crippen LogP contribution in [0.4, 0.5) is 0 Å². The number of carbonyl (C=O) groups is 1. The van der Waals surface area contributed by atoms with Crippen molar-refractivity contribution in [2.24, 2.45) is 5.92 Å². The van der Waals surface area contributed by atoms with Gasteiger partial charge in [0.05, 0.1) is 24.1 Å². The first kappa shape index (κ1) is 17.8. The predicted molar refractivity (Wildman–Crippen MR) is 83.4 cm³/mol. The molecule has 130 valence electrons. The second-order valence-electron chi connectivity index (χ2n) is 6.07. The van der Waals surface area contributed by atoms with Crippen LogP contribution < -0.4 is 0 Å². The summed E-state index contributed by atoms with van der Waals surface area (Å²) in [7, 11) is -0.149. The lowest BCUT2D eigenvalue weighted by molar-refractivity contribution is -0.138. The maximum Gasteiger partial charge on any atom is 0.303 e. The van der Waals surface area contributed by atoms with Crippen LogP contribution in [0.25, 0.3) is 0 Å². The average Bonchev–Trinajstić information content (AvgIpc) is 3.07. The van der Waals surface area contributed by atoms with E-state index in [0.717, 1.165) is 5.69 Å². The van der Waals surface area contributed by atoms with Crippen molar-refractivity contribution in [1.29, 1.82) is 0 Å². The van der Waals surface area contributed by atoms with E-state index in [1.165, 1.54) is 18.4 Å². The average molecular weight is 345 g/mol. The lowest BCUT2D eigenvalue weighted by atomic mass is 9.91. The highest BCUT2D eigenvalue weighted by Crippen LogP contribution is 2.33. The van der Waals surface area contributed by atoms with Crippen molar-refractivity contribution in [2.75, 3.05) is 39.5 Å². The van der Waals surface area contributed by atoms with Crippen LogP contribution in [0.5, 0.6) is 0 Å². The van der Waals surface area contributed by atoms with E-state index in [9.17, 15) is 13.2 Å². The maximum atomic E-state index is 11.8. The van der Waals surface area contributed by atoms with Crippen molar-refractivity contribution < 1.29 is 18.3 Å². The molecule has 0 unspecified atom stereocenters. The highest BCUT2D eigenvalue weighted by Gasteiger charge is 2.36. The number of carboxylic acids is 1. The van der Waals surface area contributed by atoms with Crippen LogP contribution in [0.15, 0.2) is 6.20 Å². The first-order chi connectivity index (χ1) is 10.8. The molecule has 2 N–H and O–H groups in total. The minimum atomic E-state index is -3.19. The number of nitrogens with zero attached hydrogens (tertiary/aromatic N) is 4. The molecule has 2 rings (SSSR count). The Morgan fingerprint density at radius 3 is 2.78 bits per heavy atom. The van der Waals surface area contributed by atoms with Gasteiger partial charge in [0.1, 0.15) is 0 Å². The molecule has 1 aliphatic heterocycles. The molecule has 0 aliphatic carbocycles. The largest absolute Gasteiger partial charge is 0.481 e. The van der Waals surface area contributed by atoms with E-state index in [0.29, 0.717) is 26.1 Å². The fraction of sp³-hybridized carbons (Fsp3) is 0.769. The molecule has 2 atom stereocenters. The van der Waals surface area contributed by atoms with Crippen LogP contribution in [-0.2, 0) is 14.8 Å². The number of aromatic nitrogens is 3. The lowest BCUT2D eigenvalue weighted by Crippen LogP contribution is -2.29. The Morgan fingerprint density at radius 2 is 2.22 bits per heavy atom. The lowest BCUT2D eigenvalue weighted by Gasteiger charge is -2.16. The fourth-order valence-corrected chi connectivity index (χ4v) is 3.81. The van der Waals surface area contributed by atoms with E-state index in [2.05, 4.69) is 20.3 Å². The van der Waals surface area contributed by atoms with Crippen molar-refractivity contribution in [2.45, 2.75) is 18.8 Å². The number of sulfonamides is 1. The summed E-state index contributed by atoms with van der Waals surface area (Å²) in [5.74, 6) is -0.770. The Bertz CT molecular complexity index is 616. The van der Waals surface area contributed by atoms with Crippen molar-refractivity contribution in [1.82, 2.24) is 24.6 Å². The van der Waals surface area contributed by atoms with Crippen LogP contribution in [-0.4, -0.2) is 83.6 Å². The van der Waals surface area contributed by atoms with Crippen LogP contribution >= 0.6 is 0 Å². The van der Waals surface area contributed by atoms with E-state index in [-0.39, 0.29) is 24.0 Å². The maximum absolute atomic E-state index is 11.8. The van der Waals surface area contributed by atoms with Crippen molar-refractivity contribution >= 4 is 16.0 Å². The molecule has 0 aromatic carbocycles. The second kappa shape index (κ2) is 7.37. The summed E-state index contributed by atoms with van der Waals surface area (Å²) in [5, 5.41) is 19.5. The van der Waals surface area contributed by atoms with Crippen LogP contribution in [0.1, 0.15) is 24.5 Å². The summed E-state index contributed by atoms with van der Waals surface area (Å²) in [6.45, 7) is 1.93. The summed E-state index contributed by atoms with van der Waals surface area (Å²) in [5.41, 5.74) is 0.764. The zero-order valence-corrected chi connectivity index (χ0v) is 14.2. The Balaban J connectivity index is 1.93. The summed E-state index contributed by atoms with van der Waals surface area (Å²) in [4.78, 5) is 13.2. The first-order valence-electron chi connectivity index (χ1n) is 7.49. The molecule has 1 aromatic heterocycles. The van der Waals surface area contributed by atoms with E-state index in [1.54, 1.807) is 6.20 Å². The fourth-order valence-electron chi connectivity index (χ4n) is 2.95. The molecular weight excluding hydrogens is 322 g/mol. The Labute approximate surface area is 135 Å². The molecular formula is C13H23N5O4S. The van der Waals surface area contributed by atoms with Gasteiger partial charge in [-0.1, -0.05) is 0 Å². The molecule has 2 heterocycles. The number of hydrogen-bond donors (Lipinski definition) is 2. The zero-order chi connectivity index (χ0) is 17.0. The third-order valence-corrected chi connectivity index (χ3v) is 6.12. The molecule has 1 saturated heterocycles. The van der Waals surface area contributed by atoms with Crippen molar-refractivity contribution in [3.05, 3.63) is 11.9 Å². The predicted octanol–water partition coefficient (Wildman–Crippen LogP) is -0.424. The molecule has 0 spiro atoms. The topological polar surface area (TPSA) is 119 Å². The van der Waals surface area contributed by atoms with Gasteiger partial charge in [-0.05, 0) is 18.9 Å². The number of likely N-dealkylation sites (tertiary alicyclic amines) is 1. The van der Waals surface area contributed by atoms with Gasteiger partial charge in [0.25, 0.3) is 0 Å². The first-order valence-corrected chi connectivity index (χ1v) is 9.10. The monoisotopic (exact) mass is 345 g/mol. The number of rotatable bonds is 8. The van der Waals surface area contributed by atoms with E-state index in [4.69, 9.17) is 5.11 Å². The standard InChI is InChI=1S/C13H23N5O4S/c1-17(2)23(21,22)5-3-4-18-8-10(6-13(19)20)11(9-18)12-7-14-16-15-12/h7,10-11H,3-6,8-9H2,1-2H3,(H,19,20)(H,14,15,16)/t10-,11+/m1/s1. The Hall–Kier alpha value is -1.52. The molecule has 1 aromatic rings. The third-order valence-electron chi connectivity index (χ3n) is 4.20. The molecule has 0 saturated carbocycles. The number of aliphatic carboxylic acids is 1. The Kier molecular flexibility index (Phi) is 5.71. The van der Waals surface area contributed by atoms with Gasteiger partial charge in [0.2, 0.25) is 10.0 Å². The molecule has 0 radical (unpaired) electrons. The van der Waals surface area contributed by atoms with Crippen LogP contribution in [0.2, 0.25) is 0 Å². The third kappa shape index (κ3) is 4.72. The molecule has 1 aliphatic rings. The van der Waals surface area contributed by atoms with Crippen LogP contribution in [0.3, 0.4) is 0 Å². The van der Waals surface area contributed by atoms with Gasteiger partial charge in [-0.3, -0.25) is 4.79 Å². The summed E-state index contributed by atoms with van der Waals surface area (Å²) >= 11 is 0. The van der Waals surface area contributed by atoms with Gasteiger partial charge >= 0.3 is 5.97 Å². The summed E-state index contributed by atoms with van der Waals surface area (Å²) in [6.07, 6.45) is 2.22. The number of hydrogen-bond acceptors (Lipinski definition) is 6.